The van der Waals surface area contributed by atoms with Crippen molar-refractivity contribution in [1.29, 1.82) is 0 Å². The predicted molar refractivity (Wildman–Crippen MR) is 78.1 cm³/mol. The quantitative estimate of drug-likeness (QED) is 0.908. The first-order chi connectivity index (χ1) is 10.0. The van der Waals surface area contributed by atoms with Gasteiger partial charge in [0.2, 0.25) is 0 Å². The molecule has 5 heteroatoms. The van der Waals surface area contributed by atoms with Gasteiger partial charge in [-0.25, -0.2) is 4.79 Å². The number of carboxylic acid groups (broad SMARTS) is 1. The standard InChI is InChI=1S/C16H22N2O3/c1-10-7-8-13(17(10)2)15(19)18-12-6-4-3-5-11(12)9-14(18)16(20)21/h7-8,11-12,14H,3-6,9H2,1-2H3,(H,20,21)/t11-,12+,14+/m1/s1. The number of hydrogen-bond acceptors (Lipinski definition) is 2. The second kappa shape index (κ2) is 5.20. The number of hydrogen-bond donors (Lipinski definition) is 1. The van der Waals surface area contributed by atoms with Gasteiger partial charge in [0.25, 0.3) is 5.91 Å². The van der Waals surface area contributed by atoms with E-state index in [2.05, 4.69) is 0 Å². The van der Waals surface area contributed by atoms with Gasteiger partial charge in [-0.3, -0.25) is 4.79 Å². The molecule has 0 aromatic carbocycles. The van der Waals surface area contributed by atoms with E-state index in [1.165, 1.54) is 0 Å². The first-order valence-electron chi connectivity index (χ1n) is 7.68. The molecule has 2 aliphatic rings. The molecular formula is C16H22N2O3. The zero-order valence-corrected chi connectivity index (χ0v) is 12.6. The highest BCUT2D eigenvalue weighted by Crippen LogP contribution is 2.40. The molecule has 0 unspecified atom stereocenters. The fourth-order valence-electron chi connectivity index (χ4n) is 3.93. The number of amides is 1. The number of fused-ring (bicyclic) bond motifs is 1. The van der Waals surface area contributed by atoms with Crippen molar-refractivity contribution in [1.82, 2.24) is 9.47 Å². The highest BCUT2D eigenvalue weighted by molar-refractivity contribution is 5.96. The van der Waals surface area contributed by atoms with Gasteiger partial charge in [-0.15, -0.1) is 0 Å². The van der Waals surface area contributed by atoms with Crippen LogP contribution in [-0.4, -0.2) is 38.5 Å². The van der Waals surface area contributed by atoms with E-state index >= 15 is 0 Å². The minimum absolute atomic E-state index is 0.0996. The Kier molecular flexibility index (Phi) is 3.51. The van der Waals surface area contributed by atoms with Crippen molar-refractivity contribution in [3.8, 4) is 0 Å². The number of carboxylic acids is 1. The average Bonchev–Trinajstić information content (AvgIpc) is 3.00. The van der Waals surface area contributed by atoms with Crippen molar-refractivity contribution in [2.24, 2.45) is 13.0 Å². The van der Waals surface area contributed by atoms with Crippen LogP contribution in [0.2, 0.25) is 0 Å². The predicted octanol–water partition coefficient (Wildman–Crippen LogP) is 2.19. The molecule has 1 N–H and O–H groups in total. The highest BCUT2D eigenvalue weighted by atomic mass is 16.4. The Bertz CT molecular complexity index is 578. The second-order valence-electron chi connectivity index (χ2n) is 6.33. The fraction of sp³-hybridized carbons (Fsp3) is 0.625. The normalized spacial score (nSPS) is 28.5. The maximum absolute atomic E-state index is 12.9. The molecule has 5 nitrogen and oxygen atoms in total. The summed E-state index contributed by atoms with van der Waals surface area (Å²) in [6.45, 7) is 1.94. The molecule has 1 saturated heterocycles. The van der Waals surface area contributed by atoms with Gasteiger partial charge < -0.3 is 14.6 Å². The van der Waals surface area contributed by atoms with Gasteiger partial charge in [-0.2, -0.15) is 0 Å². The molecule has 1 saturated carbocycles. The van der Waals surface area contributed by atoms with Crippen LogP contribution in [0.5, 0.6) is 0 Å². The molecule has 1 aliphatic heterocycles. The number of carbonyl (C=O) groups excluding carboxylic acids is 1. The SMILES string of the molecule is Cc1ccc(C(=O)N2[C@H](C(=O)O)C[C@H]3CCCC[C@@H]32)n1C. The van der Waals surface area contributed by atoms with E-state index in [0.717, 1.165) is 31.4 Å². The molecular weight excluding hydrogens is 268 g/mol. The summed E-state index contributed by atoms with van der Waals surface area (Å²) >= 11 is 0. The third-order valence-electron chi connectivity index (χ3n) is 5.20. The fourth-order valence-corrected chi connectivity index (χ4v) is 3.93. The summed E-state index contributed by atoms with van der Waals surface area (Å²) in [5.41, 5.74) is 1.59. The molecule has 21 heavy (non-hydrogen) atoms. The summed E-state index contributed by atoms with van der Waals surface area (Å²) in [5, 5.41) is 9.50. The minimum Gasteiger partial charge on any atom is -0.480 e. The Hall–Kier alpha value is -1.78. The lowest BCUT2D eigenvalue weighted by molar-refractivity contribution is -0.141. The van der Waals surface area contributed by atoms with Crippen molar-refractivity contribution in [2.75, 3.05) is 0 Å². The van der Waals surface area contributed by atoms with Crippen molar-refractivity contribution in [3.63, 3.8) is 0 Å². The summed E-state index contributed by atoms with van der Waals surface area (Å²) in [5.74, 6) is -0.652. The van der Waals surface area contributed by atoms with Gasteiger partial charge in [0.05, 0.1) is 0 Å². The third-order valence-corrected chi connectivity index (χ3v) is 5.20. The largest absolute Gasteiger partial charge is 0.480 e. The summed E-state index contributed by atoms with van der Waals surface area (Å²) in [7, 11) is 1.85. The van der Waals surface area contributed by atoms with Crippen molar-refractivity contribution < 1.29 is 14.7 Å². The Balaban J connectivity index is 1.94. The number of aromatic nitrogens is 1. The topological polar surface area (TPSA) is 62.5 Å². The Labute approximate surface area is 124 Å². The lowest BCUT2D eigenvalue weighted by atomic mass is 9.84. The maximum atomic E-state index is 12.9. The molecule has 0 spiro atoms. The van der Waals surface area contributed by atoms with Crippen LogP contribution in [0.15, 0.2) is 12.1 Å². The molecule has 3 atom stereocenters. The Morgan fingerprint density at radius 1 is 1.24 bits per heavy atom. The van der Waals surface area contributed by atoms with Gasteiger partial charge in [0, 0.05) is 18.8 Å². The van der Waals surface area contributed by atoms with Gasteiger partial charge in [0.15, 0.2) is 0 Å². The molecule has 114 valence electrons. The number of carbonyl (C=O) groups is 2. The molecule has 1 aromatic rings. The molecule has 1 amide bonds. The van der Waals surface area contributed by atoms with Gasteiger partial charge in [-0.05, 0) is 44.2 Å². The average molecular weight is 290 g/mol. The van der Waals surface area contributed by atoms with E-state index in [9.17, 15) is 14.7 Å². The second-order valence-corrected chi connectivity index (χ2v) is 6.33. The molecule has 1 aliphatic carbocycles. The van der Waals surface area contributed by atoms with Crippen LogP contribution in [0, 0.1) is 12.8 Å². The van der Waals surface area contributed by atoms with Crippen LogP contribution in [0.4, 0.5) is 0 Å². The lowest BCUT2D eigenvalue weighted by Crippen LogP contribution is -2.46. The van der Waals surface area contributed by atoms with Crippen LogP contribution in [0.3, 0.4) is 0 Å². The molecule has 1 aromatic heterocycles. The van der Waals surface area contributed by atoms with Gasteiger partial charge in [0.1, 0.15) is 11.7 Å². The van der Waals surface area contributed by atoms with Gasteiger partial charge in [-0.1, -0.05) is 12.8 Å². The van der Waals surface area contributed by atoms with E-state index < -0.39 is 12.0 Å². The zero-order valence-electron chi connectivity index (χ0n) is 12.6. The number of rotatable bonds is 2. The molecule has 2 fully saturated rings. The zero-order chi connectivity index (χ0) is 15.1. The van der Waals surface area contributed by atoms with E-state index in [1.54, 1.807) is 11.0 Å². The maximum Gasteiger partial charge on any atom is 0.326 e. The van der Waals surface area contributed by atoms with E-state index in [4.69, 9.17) is 0 Å². The first kappa shape index (κ1) is 14.2. The van der Waals surface area contributed by atoms with Gasteiger partial charge >= 0.3 is 5.97 Å². The van der Waals surface area contributed by atoms with E-state index in [0.29, 0.717) is 18.0 Å². The van der Waals surface area contributed by atoms with E-state index in [1.807, 2.05) is 24.6 Å². The van der Waals surface area contributed by atoms with E-state index in [-0.39, 0.29) is 11.9 Å². The monoisotopic (exact) mass is 290 g/mol. The molecule has 3 rings (SSSR count). The third kappa shape index (κ3) is 2.24. The number of nitrogens with zero attached hydrogens (tertiary/aromatic N) is 2. The van der Waals surface area contributed by atoms with Crippen LogP contribution < -0.4 is 0 Å². The summed E-state index contributed by atoms with van der Waals surface area (Å²) < 4.78 is 1.84. The van der Waals surface area contributed by atoms with Crippen LogP contribution in [0.25, 0.3) is 0 Å². The Morgan fingerprint density at radius 3 is 2.57 bits per heavy atom. The first-order valence-corrected chi connectivity index (χ1v) is 7.68. The van der Waals surface area contributed by atoms with Crippen molar-refractivity contribution >= 4 is 11.9 Å². The molecule has 2 heterocycles. The van der Waals surface area contributed by atoms with Crippen molar-refractivity contribution in [2.45, 2.75) is 51.1 Å². The summed E-state index contributed by atoms with van der Waals surface area (Å²) in [4.78, 5) is 26.1. The molecule has 0 bridgehead atoms. The Morgan fingerprint density at radius 2 is 1.95 bits per heavy atom. The molecule has 0 radical (unpaired) electrons. The lowest BCUT2D eigenvalue weighted by Gasteiger charge is -2.33. The van der Waals surface area contributed by atoms with Crippen LogP contribution in [-0.2, 0) is 11.8 Å². The summed E-state index contributed by atoms with van der Waals surface area (Å²) in [6, 6.07) is 3.13. The van der Waals surface area contributed by atoms with Crippen molar-refractivity contribution in [3.05, 3.63) is 23.5 Å². The number of aliphatic carboxylic acids is 1. The van der Waals surface area contributed by atoms with Crippen LogP contribution >= 0.6 is 0 Å². The minimum atomic E-state index is -0.872. The number of likely N-dealkylation sites (tertiary alicyclic amines) is 1. The highest BCUT2D eigenvalue weighted by Gasteiger charge is 2.48. The summed E-state index contributed by atoms with van der Waals surface area (Å²) in [6.07, 6.45) is 4.82. The smallest absolute Gasteiger partial charge is 0.326 e. The number of aryl methyl sites for hydroxylation is 1. The van der Waals surface area contributed by atoms with Crippen LogP contribution in [0.1, 0.15) is 48.3 Å².